The van der Waals surface area contributed by atoms with E-state index < -0.39 is 6.09 Å². The van der Waals surface area contributed by atoms with Crippen molar-refractivity contribution >= 4 is 46.8 Å². The molecule has 0 spiro atoms. The minimum atomic E-state index is -0.407. The molecule has 1 aromatic carbocycles. The maximum atomic E-state index is 13.2. The van der Waals surface area contributed by atoms with Gasteiger partial charge in [0, 0.05) is 54.9 Å². The predicted octanol–water partition coefficient (Wildman–Crippen LogP) is 4.39. The van der Waals surface area contributed by atoms with Crippen LogP contribution >= 0.6 is 23.2 Å². The maximum Gasteiger partial charge on any atom is 0.410 e. The van der Waals surface area contributed by atoms with Crippen LogP contribution in [0.1, 0.15) is 31.7 Å². The monoisotopic (exact) mass is 518 g/mol. The standard InChI is InChI=1S/C25H28Cl2N4O4/c1-2-30(22-4-3-7-28-14-22)24(33)18-12-23(32)31(15-18)21-5-8-29(9-6-21)25(34)35-16-17-10-19(26)13-20(27)11-17/h3-4,7,10-11,13-14,18,21H,2,5-6,8-9,12,15-16H2,1H3. The number of anilines is 1. The minimum Gasteiger partial charge on any atom is -0.445 e. The first-order valence-electron chi connectivity index (χ1n) is 11.7. The summed E-state index contributed by atoms with van der Waals surface area (Å²) in [6, 6.07) is 8.67. The summed E-state index contributed by atoms with van der Waals surface area (Å²) in [5.41, 5.74) is 1.45. The number of hydrogen-bond donors (Lipinski definition) is 0. The van der Waals surface area contributed by atoms with Crippen LogP contribution in [0.15, 0.2) is 42.7 Å². The molecule has 35 heavy (non-hydrogen) atoms. The van der Waals surface area contributed by atoms with E-state index in [0.717, 1.165) is 11.3 Å². The molecule has 8 nitrogen and oxygen atoms in total. The smallest absolute Gasteiger partial charge is 0.410 e. The van der Waals surface area contributed by atoms with Crippen LogP contribution in [0.5, 0.6) is 0 Å². The van der Waals surface area contributed by atoms with E-state index in [-0.39, 0.29) is 36.8 Å². The molecule has 2 aliphatic rings. The number of likely N-dealkylation sites (tertiary alicyclic amines) is 2. The molecule has 0 radical (unpaired) electrons. The van der Waals surface area contributed by atoms with E-state index >= 15 is 0 Å². The van der Waals surface area contributed by atoms with Gasteiger partial charge >= 0.3 is 6.09 Å². The molecule has 2 fully saturated rings. The number of rotatable bonds is 6. The van der Waals surface area contributed by atoms with Crippen LogP contribution in [-0.2, 0) is 20.9 Å². The van der Waals surface area contributed by atoms with Gasteiger partial charge in [-0.1, -0.05) is 23.2 Å². The van der Waals surface area contributed by atoms with Crippen molar-refractivity contribution in [2.24, 2.45) is 5.92 Å². The molecule has 2 saturated heterocycles. The lowest BCUT2D eigenvalue weighted by atomic mass is 10.0. The summed E-state index contributed by atoms with van der Waals surface area (Å²) >= 11 is 12.0. The SMILES string of the molecule is CCN(C(=O)C1CC(=O)N(C2CCN(C(=O)OCc3cc(Cl)cc(Cl)c3)CC2)C1)c1cccnc1. The Kier molecular flexibility index (Phi) is 8.13. The van der Waals surface area contributed by atoms with Crippen LogP contribution < -0.4 is 4.90 Å². The van der Waals surface area contributed by atoms with Gasteiger partial charge in [0.15, 0.2) is 0 Å². The van der Waals surface area contributed by atoms with Crippen molar-refractivity contribution in [2.45, 2.75) is 38.8 Å². The van der Waals surface area contributed by atoms with E-state index in [1.165, 1.54) is 0 Å². The molecule has 0 bridgehead atoms. The molecule has 1 atom stereocenters. The van der Waals surface area contributed by atoms with Gasteiger partial charge in [-0.25, -0.2) is 4.79 Å². The van der Waals surface area contributed by atoms with Gasteiger partial charge in [-0.05, 0) is 55.7 Å². The molecule has 10 heteroatoms. The summed E-state index contributed by atoms with van der Waals surface area (Å²) in [4.78, 5) is 47.7. The molecule has 3 heterocycles. The van der Waals surface area contributed by atoms with E-state index in [1.54, 1.807) is 46.5 Å². The average molecular weight is 519 g/mol. The fraction of sp³-hybridized carbons (Fsp3) is 0.440. The van der Waals surface area contributed by atoms with Gasteiger partial charge in [0.1, 0.15) is 6.61 Å². The Hall–Kier alpha value is -2.84. The number of halogens is 2. The fourth-order valence-electron chi connectivity index (χ4n) is 4.74. The third-order valence-electron chi connectivity index (χ3n) is 6.50. The summed E-state index contributed by atoms with van der Waals surface area (Å²) in [5, 5.41) is 0.970. The number of piperidine rings is 1. The number of benzene rings is 1. The highest BCUT2D eigenvalue weighted by Crippen LogP contribution is 2.28. The zero-order chi connectivity index (χ0) is 24.9. The molecule has 4 rings (SSSR count). The second-order valence-electron chi connectivity index (χ2n) is 8.79. The van der Waals surface area contributed by atoms with Gasteiger partial charge in [0.25, 0.3) is 0 Å². The van der Waals surface area contributed by atoms with Gasteiger partial charge in [-0.3, -0.25) is 14.6 Å². The Bertz CT molecular complexity index is 1060. The van der Waals surface area contributed by atoms with Crippen LogP contribution in [0.25, 0.3) is 0 Å². The quantitative estimate of drug-likeness (QED) is 0.566. The van der Waals surface area contributed by atoms with Crippen molar-refractivity contribution in [3.63, 3.8) is 0 Å². The molecule has 2 aromatic rings. The number of nitrogens with zero attached hydrogens (tertiary/aromatic N) is 4. The van der Waals surface area contributed by atoms with Crippen molar-refractivity contribution in [3.05, 3.63) is 58.3 Å². The van der Waals surface area contributed by atoms with Crippen molar-refractivity contribution in [1.82, 2.24) is 14.8 Å². The lowest BCUT2D eigenvalue weighted by molar-refractivity contribution is -0.130. The summed E-state index contributed by atoms with van der Waals surface area (Å²) < 4.78 is 5.42. The first-order chi connectivity index (χ1) is 16.9. The highest BCUT2D eigenvalue weighted by Gasteiger charge is 2.40. The predicted molar refractivity (Wildman–Crippen MR) is 133 cm³/mol. The molecule has 0 aliphatic carbocycles. The number of hydrogen-bond acceptors (Lipinski definition) is 5. The van der Waals surface area contributed by atoms with E-state index in [1.807, 2.05) is 17.9 Å². The number of carbonyl (C=O) groups excluding carboxylic acids is 3. The van der Waals surface area contributed by atoms with Gasteiger partial charge in [0.2, 0.25) is 11.8 Å². The number of ether oxygens (including phenoxy) is 1. The van der Waals surface area contributed by atoms with Gasteiger partial charge < -0.3 is 19.4 Å². The van der Waals surface area contributed by atoms with Crippen LogP contribution in [0.4, 0.5) is 10.5 Å². The number of amides is 3. The second-order valence-corrected chi connectivity index (χ2v) is 9.66. The zero-order valence-corrected chi connectivity index (χ0v) is 21.0. The van der Waals surface area contributed by atoms with Crippen LogP contribution in [0.3, 0.4) is 0 Å². The third kappa shape index (κ3) is 6.05. The maximum absolute atomic E-state index is 13.2. The van der Waals surface area contributed by atoms with Gasteiger partial charge in [0.05, 0.1) is 17.8 Å². The summed E-state index contributed by atoms with van der Waals surface area (Å²) in [5.74, 6) is -0.446. The molecule has 1 aromatic heterocycles. The second kappa shape index (κ2) is 11.3. The summed E-state index contributed by atoms with van der Waals surface area (Å²) in [6.07, 6.45) is 4.41. The zero-order valence-electron chi connectivity index (χ0n) is 19.5. The molecular weight excluding hydrogens is 491 g/mol. The lowest BCUT2D eigenvalue weighted by Gasteiger charge is -2.36. The summed E-state index contributed by atoms with van der Waals surface area (Å²) in [7, 11) is 0. The Morgan fingerprint density at radius 2 is 1.89 bits per heavy atom. The normalized spacial score (nSPS) is 18.6. The number of carbonyl (C=O) groups is 3. The van der Waals surface area contributed by atoms with Crippen LogP contribution in [-0.4, -0.2) is 64.9 Å². The Morgan fingerprint density at radius 1 is 1.17 bits per heavy atom. The van der Waals surface area contributed by atoms with E-state index in [9.17, 15) is 14.4 Å². The Labute approximate surface area is 214 Å². The van der Waals surface area contributed by atoms with Crippen LogP contribution in [0.2, 0.25) is 10.0 Å². The minimum absolute atomic E-state index is 0.00422. The molecule has 0 N–H and O–H groups in total. The number of aromatic nitrogens is 1. The Morgan fingerprint density at radius 3 is 2.51 bits per heavy atom. The lowest BCUT2D eigenvalue weighted by Crippen LogP contribution is -2.47. The highest BCUT2D eigenvalue weighted by atomic mass is 35.5. The molecular formula is C25H28Cl2N4O4. The van der Waals surface area contributed by atoms with Crippen molar-refractivity contribution in [2.75, 3.05) is 31.1 Å². The topological polar surface area (TPSA) is 83.1 Å². The number of pyridine rings is 1. The van der Waals surface area contributed by atoms with Crippen molar-refractivity contribution in [3.8, 4) is 0 Å². The van der Waals surface area contributed by atoms with Gasteiger partial charge in [-0.2, -0.15) is 0 Å². The fourth-order valence-corrected chi connectivity index (χ4v) is 5.31. The molecule has 186 valence electrons. The van der Waals surface area contributed by atoms with Crippen LogP contribution in [0, 0.1) is 5.92 Å². The van der Waals surface area contributed by atoms with E-state index in [0.29, 0.717) is 49.1 Å². The van der Waals surface area contributed by atoms with E-state index in [4.69, 9.17) is 27.9 Å². The highest BCUT2D eigenvalue weighted by molar-refractivity contribution is 6.34. The largest absolute Gasteiger partial charge is 0.445 e. The third-order valence-corrected chi connectivity index (χ3v) is 6.93. The molecule has 3 amide bonds. The van der Waals surface area contributed by atoms with E-state index in [2.05, 4.69) is 4.98 Å². The molecule has 1 unspecified atom stereocenters. The van der Waals surface area contributed by atoms with Crippen molar-refractivity contribution < 1.29 is 19.1 Å². The summed E-state index contributed by atoms with van der Waals surface area (Å²) in [6.45, 7) is 3.88. The Balaban J connectivity index is 1.28. The molecule has 0 saturated carbocycles. The average Bonchev–Trinajstić information content (AvgIpc) is 3.24. The van der Waals surface area contributed by atoms with Gasteiger partial charge in [-0.15, -0.1) is 0 Å². The molecule has 2 aliphatic heterocycles. The first kappa shape index (κ1) is 25.3. The van der Waals surface area contributed by atoms with Crippen molar-refractivity contribution in [1.29, 1.82) is 0 Å². The first-order valence-corrected chi connectivity index (χ1v) is 12.5.